The molecular weight excluding hydrogens is 232 g/mol. The van der Waals surface area contributed by atoms with Crippen LogP contribution in [0.1, 0.15) is 32.6 Å². The van der Waals surface area contributed by atoms with Crippen molar-refractivity contribution in [3.63, 3.8) is 0 Å². The molecule has 1 amide bonds. The van der Waals surface area contributed by atoms with Gasteiger partial charge < -0.3 is 20.1 Å². The molecule has 1 aliphatic heterocycles. The fourth-order valence-corrected chi connectivity index (χ4v) is 2.76. The van der Waals surface area contributed by atoms with Crippen LogP contribution in [0.4, 0.5) is 0 Å². The number of carbonyl (C=O) groups is 1. The largest absolute Gasteiger partial charge is 0.392 e. The van der Waals surface area contributed by atoms with E-state index >= 15 is 0 Å². The fourth-order valence-electron chi connectivity index (χ4n) is 2.76. The van der Waals surface area contributed by atoms with E-state index in [1.807, 2.05) is 11.8 Å². The Morgan fingerprint density at radius 1 is 1.33 bits per heavy atom. The second-order valence-corrected chi connectivity index (χ2v) is 5.28. The molecule has 0 bridgehead atoms. The van der Waals surface area contributed by atoms with Crippen molar-refractivity contribution < 1.29 is 14.6 Å². The average molecular weight is 256 g/mol. The van der Waals surface area contributed by atoms with Gasteiger partial charge in [0, 0.05) is 19.1 Å². The van der Waals surface area contributed by atoms with Gasteiger partial charge in [-0.3, -0.25) is 4.79 Å². The Morgan fingerprint density at radius 3 is 2.67 bits per heavy atom. The summed E-state index contributed by atoms with van der Waals surface area (Å²) in [5.41, 5.74) is 0. The number of carbonyl (C=O) groups excluding carboxylic acids is 1. The zero-order chi connectivity index (χ0) is 13.0. The molecule has 2 fully saturated rings. The van der Waals surface area contributed by atoms with Gasteiger partial charge in [0.1, 0.15) is 0 Å². The molecule has 0 aromatic heterocycles. The van der Waals surface area contributed by atoms with Gasteiger partial charge in [-0.15, -0.1) is 0 Å². The first-order valence-electron chi connectivity index (χ1n) is 6.99. The number of rotatable bonds is 3. The van der Waals surface area contributed by atoms with Crippen LogP contribution in [0.25, 0.3) is 0 Å². The van der Waals surface area contributed by atoms with Crippen molar-refractivity contribution in [2.75, 3.05) is 26.3 Å². The van der Waals surface area contributed by atoms with Gasteiger partial charge in [0.05, 0.1) is 25.4 Å². The first-order chi connectivity index (χ1) is 8.68. The molecule has 5 heteroatoms. The fraction of sp³-hybridized carbons (Fsp3) is 0.923. The molecule has 1 saturated carbocycles. The van der Waals surface area contributed by atoms with Crippen LogP contribution in [0.2, 0.25) is 0 Å². The second-order valence-electron chi connectivity index (χ2n) is 5.28. The predicted octanol–water partition coefficient (Wildman–Crippen LogP) is 0.127. The van der Waals surface area contributed by atoms with Crippen LogP contribution in [-0.2, 0) is 9.53 Å². The van der Waals surface area contributed by atoms with E-state index in [0.29, 0.717) is 26.3 Å². The normalized spacial score (nSPS) is 31.1. The number of nitrogens with one attached hydrogen (secondary N) is 1. The van der Waals surface area contributed by atoms with Crippen molar-refractivity contribution in [2.45, 2.75) is 50.8 Å². The van der Waals surface area contributed by atoms with E-state index in [9.17, 15) is 9.90 Å². The highest BCUT2D eigenvalue weighted by Crippen LogP contribution is 2.19. The lowest BCUT2D eigenvalue weighted by Crippen LogP contribution is -2.54. The molecule has 2 aliphatic rings. The molecule has 0 aromatic carbocycles. The Kier molecular flexibility index (Phi) is 4.97. The molecular formula is C13H24N2O3. The summed E-state index contributed by atoms with van der Waals surface area (Å²) in [4.78, 5) is 14.0. The third-order valence-corrected chi connectivity index (χ3v) is 3.89. The lowest BCUT2D eigenvalue weighted by molar-refractivity contribution is -0.137. The van der Waals surface area contributed by atoms with E-state index < -0.39 is 0 Å². The number of nitrogens with zero attached hydrogens (tertiary/aromatic N) is 1. The minimum Gasteiger partial charge on any atom is -0.392 e. The van der Waals surface area contributed by atoms with Crippen LogP contribution in [-0.4, -0.2) is 60.4 Å². The molecule has 104 valence electrons. The van der Waals surface area contributed by atoms with Gasteiger partial charge in [0.15, 0.2) is 0 Å². The summed E-state index contributed by atoms with van der Waals surface area (Å²) in [5.74, 6) is 0.121. The van der Waals surface area contributed by atoms with Crippen molar-refractivity contribution in [1.29, 1.82) is 0 Å². The molecule has 0 radical (unpaired) electrons. The molecule has 5 nitrogen and oxygen atoms in total. The number of morpholine rings is 1. The van der Waals surface area contributed by atoms with E-state index in [1.54, 1.807) is 0 Å². The van der Waals surface area contributed by atoms with E-state index in [1.165, 1.54) is 0 Å². The minimum absolute atomic E-state index is 0.0683. The average Bonchev–Trinajstić information content (AvgIpc) is 2.41. The molecule has 1 saturated heterocycles. The van der Waals surface area contributed by atoms with Crippen molar-refractivity contribution in [2.24, 2.45) is 0 Å². The lowest BCUT2D eigenvalue weighted by Gasteiger charge is -2.34. The van der Waals surface area contributed by atoms with Crippen LogP contribution < -0.4 is 5.32 Å². The Balaban J connectivity index is 1.82. The van der Waals surface area contributed by atoms with Crippen molar-refractivity contribution in [3.8, 4) is 0 Å². The number of aliphatic hydroxyl groups is 1. The number of hydrogen-bond acceptors (Lipinski definition) is 4. The number of amides is 1. The van der Waals surface area contributed by atoms with Crippen molar-refractivity contribution in [3.05, 3.63) is 0 Å². The first kappa shape index (κ1) is 13.8. The monoisotopic (exact) mass is 256 g/mol. The molecule has 1 unspecified atom stereocenters. The van der Waals surface area contributed by atoms with Gasteiger partial charge >= 0.3 is 0 Å². The van der Waals surface area contributed by atoms with Gasteiger partial charge in [-0.1, -0.05) is 12.8 Å². The molecule has 0 spiro atoms. The number of ether oxygens (including phenoxy) is 1. The molecule has 0 aromatic rings. The van der Waals surface area contributed by atoms with Crippen LogP contribution >= 0.6 is 0 Å². The maximum absolute atomic E-state index is 12.2. The topological polar surface area (TPSA) is 61.8 Å². The van der Waals surface area contributed by atoms with Gasteiger partial charge in [0.2, 0.25) is 5.91 Å². The first-order valence-corrected chi connectivity index (χ1v) is 6.99. The minimum atomic E-state index is -0.307. The maximum Gasteiger partial charge on any atom is 0.239 e. The Hall–Kier alpha value is -0.650. The van der Waals surface area contributed by atoms with Gasteiger partial charge in [-0.2, -0.15) is 0 Å². The van der Waals surface area contributed by atoms with E-state index in [-0.39, 0.29) is 24.1 Å². The molecule has 1 aliphatic carbocycles. The Bertz CT molecular complexity index is 279. The molecule has 3 atom stereocenters. The molecule has 1 heterocycles. The number of hydrogen-bond donors (Lipinski definition) is 2. The highest BCUT2D eigenvalue weighted by Gasteiger charge is 2.28. The second kappa shape index (κ2) is 6.50. The number of aliphatic hydroxyl groups excluding tert-OH is 1. The van der Waals surface area contributed by atoms with Crippen molar-refractivity contribution in [1.82, 2.24) is 10.2 Å². The lowest BCUT2D eigenvalue weighted by atomic mass is 9.92. The molecule has 2 N–H and O–H groups in total. The summed E-state index contributed by atoms with van der Waals surface area (Å²) >= 11 is 0. The van der Waals surface area contributed by atoms with Crippen LogP contribution in [0.3, 0.4) is 0 Å². The standard InChI is InChI=1S/C13H24N2O3/c1-10(13(17)15-6-8-18-9-7-15)14-11-4-2-3-5-12(11)16/h10-12,14,16H,2-9H2,1H3/t10?,11-,12-/m0/s1. The highest BCUT2D eigenvalue weighted by atomic mass is 16.5. The molecule has 18 heavy (non-hydrogen) atoms. The Labute approximate surface area is 108 Å². The van der Waals surface area contributed by atoms with Gasteiger partial charge in [-0.05, 0) is 19.8 Å². The van der Waals surface area contributed by atoms with Crippen LogP contribution in [0.5, 0.6) is 0 Å². The van der Waals surface area contributed by atoms with Crippen LogP contribution in [0, 0.1) is 0 Å². The van der Waals surface area contributed by atoms with Crippen LogP contribution in [0.15, 0.2) is 0 Å². The van der Waals surface area contributed by atoms with E-state index in [4.69, 9.17) is 4.74 Å². The zero-order valence-corrected chi connectivity index (χ0v) is 11.1. The molecule has 2 rings (SSSR count). The summed E-state index contributed by atoms with van der Waals surface area (Å²) < 4.78 is 5.24. The SMILES string of the molecule is CC(N[C@H]1CCCC[C@@H]1O)C(=O)N1CCOCC1. The van der Waals surface area contributed by atoms with Crippen molar-refractivity contribution >= 4 is 5.91 Å². The Morgan fingerprint density at radius 2 is 2.00 bits per heavy atom. The third kappa shape index (κ3) is 3.43. The third-order valence-electron chi connectivity index (χ3n) is 3.89. The summed E-state index contributed by atoms with van der Waals surface area (Å²) in [5, 5.41) is 13.2. The summed E-state index contributed by atoms with van der Waals surface area (Å²) in [6.45, 7) is 4.50. The summed E-state index contributed by atoms with van der Waals surface area (Å²) in [6, 6.07) is -0.153. The quantitative estimate of drug-likeness (QED) is 0.753. The zero-order valence-electron chi connectivity index (χ0n) is 11.1. The predicted molar refractivity (Wildman–Crippen MR) is 68.3 cm³/mol. The van der Waals surface area contributed by atoms with E-state index in [0.717, 1.165) is 25.7 Å². The summed E-state index contributed by atoms with van der Waals surface area (Å²) in [7, 11) is 0. The highest BCUT2D eigenvalue weighted by molar-refractivity contribution is 5.81. The van der Waals surface area contributed by atoms with Gasteiger partial charge in [0.25, 0.3) is 0 Å². The maximum atomic E-state index is 12.2. The van der Waals surface area contributed by atoms with E-state index in [2.05, 4.69) is 5.32 Å². The smallest absolute Gasteiger partial charge is 0.239 e. The van der Waals surface area contributed by atoms with Gasteiger partial charge in [-0.25, -0.2) is 0 Å². The summed E-state index contributed by atoms with van der Waals surface area (Å²) in [6.07, 6.45) is 3.72.